The molecule has 2 amide bonds. The number of amides is 2. The van der Waals surface area contributed by atoms with Crippen molar-refractivity contribution in [3.05, 3.63) is 52.1 Å². The fraction of sp³-hybridized carbons (Fsp3) is 0.222. The number of carbonyl (C=O) groups excluding carboxylic acids is 2. The number of thiophene rings is 1. The van der Waals surface area contributed by atoms with E-state index in [0.29, 0.717) is 16.3 Å². The monoisotopic (exact) mass is 417 g/mol. The topological polar surface area (TPSA) is 101 Å². The number of hydrazine groups is 1. The summed E-state index contributed by atoms with van der Waals surface area (Å²) in [5.74, 6) is 0.252. The number of benzene rings is 1. The van der Waals surface area contributed by atoms with E-state index in [1.165, 1.54) is 16.9 Å². The first-order valence-electron chi connectivity index (χ1n) is 8.55. The van der Waals surface area contributed by atoms with Crippen LogP contribution in [-0.4, -0.2) is 33.2 Å². The van der Waals surface area contributed by atoms with E-state index in [-0.39, 0.29) is 13.2 Å². The first-order valence-corrected chi connectivity index (χ1v) is 9.84. The van der Waals surface area contributed by atoms with Crippen LogP contribution in [0.4, 0.5) is 0 Å². The van der Waals surface area contributed by atoms with Crippen LogP contribution in [0.25, 0.3) is 10.7 Å². The fourth-order valence-corrected chi connectivity index (χ4v) is 3.31. The van der Waals surface area contributed by atoms with Gasteiger partial charge in [0.1, 0.15) is 12.3 Å². The summed E-state index contributed by atoms with van der Waals surface area (Å²) in [5.41, 5.74) is 5.86. The van der Waals surface area contributed by atoms with Gasteiger partial charge >= 0.3 is 0 Å². The summed E-state index contributed by atoms with van der Waals surface area (Å²) in [6.07, 6.45) is 0.932. The summed E-state index contributed by atoms with van der Waals surface area (Å²) in [4.78, 5) is 24.9. The molecule has 2 heterocycles. The van der Waals surface area contributed by atoms with Gasteiger partial charge in [-0.25, -0.2) is 0 Å². The number of H-pyrrole nitrogens is 1. The highest BCUT2D eigenvalue weighted by Crippen LogP contribution is 2.22. The van der Waals surface area contributed by atoms with Crippen LogP contribution in [0, 0.1) is 4.77 Å². The third-order valence-corrected chi connectivity index (χ3v) is 5.02. The Labute approximate surface area is 170 Å². The maximum absolute atomic E-state index is 12.2. The second kappa shape index (κ2) is 9.29. The number of rotatable bonds is 7. The van der Waals surface area contributed by atoms with Crippen LogP contribution in [0.3, 0.4) is 0 Å². The van der Waals surface area contributed by atoms with Crippen LogP contribution in [0.2, 0.25) is 0 Å². The van der Waals surface area contributed by atoms with Crippen molar-refractivity contribution in [2.24, 2.45) is 0 Å². The third kappa shape index (κ3) is 5.05. The molecule has 146 valence electrons. The molecule has 0 aliphatic heterocycles. The minimum atomic E-state index is -0.470. The molecular formula is C18H19N5O3S2. The van der Waals surface area contributed by atoms with E-state index in [9.17, 15) is 9.59 Å². The van der Waals surface area contributed by atoms with E-state index >= 15 is 0 Å². The number of aryl methyl sites for hydroxylation is 1. The molecule has 10 heteroatoms. The largest absolute Gasteiger partial charge is 0.484 e. The van der Waals surface area contributed by atoms with Gasteiger partial charge in [0.05, 0.1) is 4.88 Å². The lowest BCUT2D eigenvalue weighted by atomic mass is 10.2. The lowest BCUT2D eigenvalue weighted by Crippen LogP contribution is -2.45. The second-order valence-corrected chi connectivity index (χ2v) is 7.13. The highest BCUT2D eigenvalue weighted by atomic mass is 32.1. The summed E-state index contributed by atoms with van der Waals surface area (Å²) in [5, 5.41) is 8.74. The molecule has 3 N–H and O–H groups in total. The summed E-state index contributed by atoms with van der Waals surface area (Å²) in [6, 6.07) is 11.3. The molecule has 3 aromatic rings. The first kappa shape index (κ1) is 19.8. The van der Waals surface area contributed by atoms with Gasteiger partial charge in [-0.2, -0.15) is 5.10 Å². The Kier molecular flexibility index (Phi) is 6.56. The maximum atomic E-state index is 12.2. The minimum absolute atomic E-state index is 0.0812. The van der Waals surface area contributed by atoms with Crippen LogP contribution < -0.4 is 15.6 Å². The number of ether oxygens (including phenoxy) is 1. The molecule has 2 aromatic heterocycles. The van der Waals surface area contributed by atoms with Gasteiger partial charge in [-0.3, -0.25) is 30.1 Å². The van der Waals surface area contributed by atoms with Crippen molar-refractivity contribution in [2.45, 2.75) is 19.9 Å². The van der Waals surface area contributed by atoms with Gasteiger partial charge in [0, 0.05) is 0 Å². The zero-order chi connectivity index (χ0) is 19.9. The summed E-state index contributed by atoms with van der Waals surface area (Å²) >= 11 is 6.66. The van der Waals surface area contributed by atoms with Crippen molar-refractivity contribution in [2.75, 3.05) is 6.61 Å². The third-order valence-electron chi connectivity index (χ3n) is 3.84. The normalized spacial score (nSPS) is 10.5. The van der Waals surface area contributed by atoms with Gasteiger partial charge in [-0.05, 0) is 47.8 Å². The Morgan fingerprint density at radius 1 is 1.21 bits per heavy atom. The molecule has 0 atom stereocenters. The minimum Gasteiger partial charge on any atom is -0.484 e. The number of hydrogen-bond donors (Lipinski definition) is 3. The second-order valence-electron chi connectivity index (χ2n) is 5.80. The van der Waals surface area contributed by atoms with Crippen LogP contribution in [0.15, 0.2) is 41.8 Å². The summed E-state index contributed by atoms with van der Waals surface area (Å²) < 4.78 is 7.28. The van der Waals surface area contributed by atoms with Crippen LogP contribution in [0.5, 0.6) is 5.75 Å². The number of aromatic amines is 1. The van der Waals surface area contributed by atoms with E-state index in [4.69, 9.17) is 17.0 Å². The molecule has 0 bridgehead atoms. The molecule has 0 radical (unpaired) electrons. The Bertz CT molecular complexity index is 993. The Hall–Kier alpha value is -2.98. The highest BCUT2D eigenvalue weighted by Gasteiger charge is 2.13. The number of nitrogens with one attached hydrogen (secondary N) is 3. The molecule has 0 saturated heterocycles. The van der Waals surface area contributed by atoms with E-state index in [1.54, 1.807) is 16.7 Å². The van der Waals surface area contributed by atoms with Gasteiger partial charge in [0.2, 0.25) is 0 Å². The molecule has 0 aliphatic carbocycles. The smallest absolute Gasteiger partial charge is 0.276 e. The molecule has 0 spiro atoms. The van der Waals surface area contributed by atoms with Gasteiger partial charge in [-0.15, -0.1) is 11.3 Å². The van der Waals surface area contributed by atoms with Crippen molar-refractivity contribution in [3.63, 3.8) is 0 Å². The lowest BCUT2D eigenvalue weighted by Gasteiger charge is -2.10. The maximum Gasteiger partial charge on any atom is 0.276 e. The Morgan fingerprint density at radius 2 is 1.96 bits per heavy atom. The van der Waals surface area contributed by atoms with Gasteiger partial charge in [0.15, 0.2) is 17.2 Å². The van der Waals surface area contributed by atoms with Crippen molar-refractivity contribution >= 4 is 35.4 Å². The van der Waals surface area contributed by atoms with Crippen LogP contribution in [-0.2, 0) is 22.6 Å². The molecule has 3 rings (SSSR count). The molecule has 0 unspecified atom stereocenters. The molecule has 1 aromatic carbocycles. The van der Waals surface area contributed by atoms with E-state index in [1.807, 2.05) is 29.6 Å². The van der Waals surface area contributed by atoms with E-state index < -0.39 is 11.8 Å². The molecule has 8 nitrogen and oxygen atoms in total. The average molecular weight is 418 g/mol. The van der Waals surface area contributed by atoms with Gasteiger partial charge in [-0.1, -0.05) is 25.1 Å². The average Bonchev–Trinajstić information content (AvgIpc) is 3.35. The zero-order valence-electron chi connectivity index (χ0n) is 15.1. The molecule has 28 heavy (non-hydrogen) atoms. The number of aromatic nitrogens is 3. The Morgan fingerprint density at radius 3 is 2.64 bits per heavy atom. The molecular weight excluding hydrogens is 398 g/mol. The number of nitrogens with zero attached hydrogens (tertiary/aromatic N) is 2. The predicted octanol–water partition coefficient (Wildman–Crippen LogP) is 2.46. The van der Waals surface area contributed by atoms with Gasteiger partial charge in [0.25, 0.3) is 11.8 Å². The van der Waals surface area contributed by atoms with Crippen molar-refractivity contribution in [1.29, 1.82) is 0 Å². The molecule has 0 saturated carbocycles. The van der Waals surface area contributed by atoms with E-state index in [0.717, 1.165) is 11.3 Å². The van der Waals surface area contributed by atoms with Crippen molar-refractivity contribution in [1.82, 2.24) is 25.6 Å². The summed E-state index contributed by atoms with van der Waals surface area (Å²) in [7, 11) is 0. The number of carbonyl (C=O) groups is 2. The molecule has 0 fully saturated rings. The SMILES string of the molecule is CCc1ccc(OCC(=O)NNC(=O)Cn2c(-c3cccs3)n[nH]c2=S)cc1. The Balaban J connectivity index is 1.48. The predicted molar refractivity (Wildman–Crippen MR) is 108 cm³/mol. The molecule has 0 aliphatic rings. The standard InChI is InChI=1S/C18H19N5O3S2/c1-2-12-5-7-13(8-6-12)26-11-16(25)20-19-15(24)10-23-17(21-22-18(23)27)14-4-3-9-28-14/h3-9H,2,10-11H2,1H3,(H,19,24)(H,20,25)(H,22,27). The van der Waals surface area contributed by atoms with Crippen molar-refractivity contribution < 1.29 is 14.3 Å². The first-order chi connectivity index (χ1) is 13.6. The fourth-order valence-electron chi connectivity index (χ4n) is 2.39. The van der Waals surface area contributed by atoms with Crippen LogP contribution >= 0.6 is 23.6 Å². The van der Waals surface area contributed by atoms with E-state index in [2.05, 4.69) is 28.0 Å². The lowest BCUT2D eigenvalue weighted by molar-refractivity contribution is -0.130. The van der Waals surface area contributed by atoms with Crippen LogP contribution in [0.1, 0.15) is 12.5 Å². The summed E-state index contributed by atoms with van der Waals surface area (Å²) in [6.45, 7) is 1.77. The van der Waals surface area contributed by atoms with Crippen molar-refractivity contribution in [3.8, 4) is 16.5 Å². The highest BCUT2D eigenvalue weighted by molar-refractivity contribution is 7.71. The zero-order valence-corrected chi connectivity index (χ0v) is 16.7. The van der Waals surface area contributed by atoms with Gasteiger partial charge < -0.3 is 4.74 Å². The number of hydrogen-bond acceptors (Lipinski definition) is 6. The quantitative estimate of drug-likeness (QED) is 0.405.